The van der Waals surface area contributed by atoms with Gasteiger partial charge in [0.2, 0.25) is 0 Å². The van der Waals surface area contributed by atoms with E-state index in [1.54, 1.807) is 0 Å². The van der Waals surface area contributed by atoms with E-state index >= 15 is 0 Å². The van der Waals surface area contributed by atoms with E-state index in [-0.39, 0.29) is 0 Å². The van der Waals surface area contributed by atoms with Gasteiger partial charge in [-0.05, 0) is 42.0 Å². The lowest BCUT2D eigenvalue weighted by molar-refractivity contribution is 0.217. The smallest absolute Gasteiger partial charge is 0.160 e. The van der Waals surface area contributed by atoms with Crippen LogP contribution in [0.15, 0.2) is 109 Å². The number of hydrogen-bond donors (Lipinski definition) is 0. The van der Waals surface area contributed by atoms with E-state index in [0.717, 1.165) is 30.2 Å². The zero-order valence-corrected chi connectivity index (χ0v) is 14.7. The van der Waals surface area contributed by atoms with E-state index < -0.39 is 0 Å². The second-order valence-corrected chi connectivity index (χ2v) is 6.42. The first kappa shape index (κ1) is 16.3. The molecule has 1 atom stereocenters. The van der Waals surface area contributed by atoms with Crippen molar-refractivity contribution in [1.29, 1.82) is 0 Å². The van der Waals surface area contributed by atoms with Crippen LogP contribution in [-0.2, 0) is 4.84 Å². The predicted octanol–water partition coefficient (Wildman–Crippen LogP) is 5.07. The van der Waals surface area contributed by atoms with Crippen LogP contribution in [0.25, 0.3) is 0 Å². The van der Waals surface area contributed by atoms with E-state index in [1.165, 1.54) is 11.1 Å². The maximum atomic E-state index is 6.12. The van der Waals surface area contributed by atoms with E-state index in [1.807, 2.05) is 23.4 Å². The number of rotatable bonds is 6. The molecule has 0 aromatic heterocycles. The number of fused-ring (bicyclic) bond motifs is 2. The van der Waals surface area contributed by atoms with E-state index in [4.69, 9.17) is 4.84 Å². The minimum absolute atomic E-state index is 0.321. The quantitative estimate of drug-likeness (QED) is 0.672. The van der Waals surface area contributed by atoms with Crippen molar-refractivity contribution in [1.82, 2.24) is 0 Å². The second-order valence-electron chi connectivity index (χ2n) is 6.42. The molecule has 0 amide bonds. The first-order valence-electron chi connectivity index (χ1n) is 8.83. The van der Waals surface area contributed by atoms with Crippen LogP contribution in [0.2, 0.25) is 0 Å². The average molecular weight is 342 g/mol. The van der Waals surface area contributed by atoms with Gasteiger partial charge in [-0.25, -0.2) is 0 Å². The molecule has 0 fully saturated rings. The zero-order chi connectivity index (χ0) is 17.9. The highest BCUT2D eigenvalue weighted by atomic mass is 16.7. The Morgan fingerprint density at radius 1 is 1.04 bits per heavy atom. The third-order valence-electron chi connectivity index (χ3n) is 4.73. The number of allylic oxidation sites excluding steroid dienone is 8. The molecule has 130 valence electrons. The van der Waals surface area contributed by atoms with Crippen molar-refractivity contribution < 1.29 is 4.84 Å². The van der Waals surface area contributed by atoms with Gasteiger partial charge in [-0.3, -0.25) is 0 Å². The van der Waals surface area contributed by atoms with Gasteiger partial charge in [0.1, 0.15) is 0 Å². The molecular weight excluding hydrogens is 320 g/mol. The van der Waals surface area contributed by atoms with E-state index in [0.29, 0.717) is 5.92 Å². The van der Waals surface area contributed by atoms with Crippen LogP contribution in [-0.4, -0.2) is 13.1 Å². The molecule has 1 aliphatic heterocycles. The van der Waals surface area contributed by atoms with Crippen LogP contribution in [0.5, 0.6) is 0 Å². The molecule has 0 spiro atoms. The highest BCUT2D eigenvalue weighted by Gasteiger charge is 2.29. The maximum Gasteiger partial charge on any atom is 0.160 e. The normalized spacial score (nSPS) is 19.6. The molecule has 0 saturated carbocycles. The number of anilines is 2. The lowest BCUT2D eigenvalue weighted by Gasteiger charge is -2.27. The lowest BCUT2D eigenvalue weighted by Crippen LogP contribution is -2.23. The molecule has 1 aromatic carbocycles. The van der Waals surface area contributed by atoms with Crippen molar-refractivity contribution >= 4 is 11.4 Å². The highest BCUT2D eigenvalue weighted by molar-refractivity contribution is 5.60. The van der Waals surface area contributed by atoms with Gasteiger partial charge >= 0.3 is 0 Å². The Morgan fingerprint density at radius 2 is 1.81 bits per heavy atom. The third kappa shape index (κ3) is 2.93. The van der Waals surface area contributed by atoms with Crippen molar-refractivity contribution in [2.75, 3.05) is 23.1 Å². The Morgan fingerprint density at radius 3 is 2.54 bits per heavy atom. The minimum Gasteiger partial charge on any atom is -0.375 e. The Bertz CT molecular complexity index is 858. The van der Waals surface area contributed by atoms with E-state index in [2.05, 4.69) is 78.8 Å². The highest BCUT2D eigenvalue weighted by Crippen LogP contribution is 2.40. The molecule has 1 aromatic rings. The molecule has 4 rings (SSSR count). The van der Waals surface area contributed by atoms with Crippen LogP contribution in [0, 0.1) is 5.92 Å². The van der Waals surface area contributed by atoms with Crippen LogP contribution in [0.4, 0.5) is 11.4 Å². The summed E-state index contributed by atoms with van der Waals surface area (Å²) in [4.78, 5) is 8.33. The van der Waals surface area contributed by atoms with Gasteiger partial charge in [0.15, 0.2) is 5.76 Å². The predicted molar refractivity (Wildman–Crippen MR) is 109 cm³/mol. The Kier molecular flexibility index (Phi) is 4.36. The summed E-state index contributed by atoms with van der Waals surface area (Å²) in [5.41, 5.74) is 4.63. The van der Waals surface area contributed by atoms with Crippen molar-refractivity contribution in [2.45, 2.75) is 0 Å². The summed E-state index contributed by atoms with van der Waals surface area (Å²) >= 11 is 0. The topological polar surface area (TPSA) is 15.7 Å². The van der Waals surface area contributed by atoms with Crippen LogP contribution in [0.3, 0.4) is 0 Å². The first-order valence-corrected chi connectivity index (χ1v) is 8.83. The van der Waals surface area contributed by atoms with Crippen molar-refractivity contribution in [3.63, 3.8) is 0 Å². The summed E-state index contributed by atoms with van der Waals surface area (Å²) in [6.45, 7) is 9.23. The summed E-state index contributed by atoms with van der Waals surface area (Å²) in [7, 11) is 0. The van der Waals surface area contributed by atoms with E-state index in [9.17, 15) is 0 Å². The Balaban J connectivity index is 1.51. The molecular formula is C23H22N2O. The fraction of sp³-hybridized carbons (Fsp3) is 0.130. The first-order chi connectivity index (χ1) is 12.8. The summed E-state index contributed by atoms with van der Waals surface area (Å²) in [6, 6.07) is 8.34. The van der Waals surface area contributed by atoms with Crippen molar-refractivity contribution in [3.05, 3.63) is 109 Å². The molecule has 26 heavy (non-hydrogen) atoms. The fourth-order valence-corrected chi connectivity index (χ4v) is 3.46. The maximum absolute atomic E-state index is 6.12. The number of hydroxylamine groups is 1. The summed E-state index contributed by atoms with van der Waals surface area (Å²) < 4.78 is 0. The molecule has 3 nitrogen and oxygen atoms in total. The molecule has 0 N–H and O–H groups in total. The van der Waals surface area contributed by atoms with Crippen molar-refractivity contribution in [3.8, 4) is 0 Å². The molecule has 0 bridgehead atoms. The average Bonchev–Trinajstić information content (AvgIpc) is 3.06. The zero-order valence-electron chi connectivity index (χ0n) is 14.7. The van der Waals surface area contributed by atoms with Gasteiger partial charge in [-0.15, -0.1) is 13.2 Å². The van der Waals surface area contributed by atoms with Crippen molar-refractivity contribution in [2.24, 2.45) is 5.92 Å². The number of benzene rings is 1. The summed E-state index contributed by atoms with van der Waals surface area (Å²) in [6.07, 6.45) is 18.6. The monoisotopic (exact) mass is 342 g/mol. The Labute approximate surface area is 154 Å². The molecule has 1 heterocycles. The van der Waals surface area contributed by atoms with Gasteiger partial charge in [-0.1, -0.05) is 36.5 Å². The SMILES string of the molecule is C=CCN(CC=C)c1ccc(N2C=CC3=C(C=C4C=CC=CC43)O2)cc1. The van der Waals surface area contributed by atoms with Crippen LogP contribution in [0.1, 0.15) is 0 Å². The largest absolute Gasteiger partial charge is 0.375 e. The van der Waals surface area contributed by atoms with Gasteiger partial charge < -0.3 is 9.74 Å². The fourth-order valence-electron chi connectivity index (χ4n) is 3.46. The minimum atomic E-state index is 0.321. The molecule has 3 aliphatic rings. The standard InChI is InChI=1S/C23H22N2O/c1-3-14-24(15-4-2)19-9-11-20(12-10-19)25-16-13-22-21-8-6-5-7-18(21)17-23(22)26-25/h3-13,16-17,21H,1-2,14-15H2. The second kappa shape index (κ2) is 6.96. The number of hydrogen-bond acceptors (Lipinski definition) is 3. The molecule has 0 radical (unpaired) electrons. The lowest BCUT2D eigenvalue weighted by atomic mass is 9.92. The molecule has 3 heteroatoms. The molecule has 1 unspecified atom stereocenters. The van der Waals surface area contributed by atoms with Gasteiger partial charge in [0.05, 0.1) is 5.69 Å². The van der Waals surface area contributed by atoms with Gasteiger partial charge in [0, 0.05) is 36.5 Å². The number of nitrogens with zero attached hydrogens (tertiary/aromatic N) is 2. The molecule has 2 aliphatic carbocycles. The molecule has 0 saturated heterocycles. The van der Waals surface area contributed by atoms with Crippen LogP contribution >= 0.6 is 0 Å². The van der Waals surface area contributed by atoms with Gasteiger partial charge in [-0.2, -0.15) is 5.06 Å². The third-order valence-corrected chi connectivity index (χ3v) is 4.73. The summed E-state index contributed by atoms with van der Waals surface area (Å²) in [5.74, 6) is 1.25. The van der Waals surface area contributed by atoms with Gasteiger partial charge in [0.25, 0.3) is 0 Å². The summed E-state index contributed by atoms with van der Waals surface area (Å²) in [5, 5.41) is 1.82. The van der Waals surface area contributed by atoms with Crippen LogP contribution < -0.4 is 9.96 Å². The Hall–Kier alpha value is -3.20.